The number of sulfonamides is 1. The van der Waals surface area contributed by atoms with Gasteiger partial charge in [0, 0.05) is 56.4 Å². The van der Waals surface area contributed by atoms with E-state index in [1.54, 1.807) is 0 Å². The normalized spacial score (nSPS) is 19.7. The Kier molecular flexibility index (Phi) is 4.98. The van der Waals surface area contributed by atoms with Crippen LogP contribution in [0.3, 0.4) is 0 Å². The van der Waals surface area contributed by atoms with E-state index in [1.807, 2.05) is 17.9 Å². The largest absolute Gasteiger partial charge is 0.433 e. The van der Waals surface area contributed by atoms with Gasteiger partial charge in [0.2, 0.25) is 10.0 Å². The van der Waals surface area contributed by atoms with Crippen molar-refractivity contribution >= 4 is 10.0 Å². The van der Waals surface area contributed by atoms with Crippen LogP contribution in [0.25, 0.3) is 0 Å². The van der Waals surface area contributed by atoms with Crippen molar-refractivity contribution in [1.82, 2.24) is 24.0 Å². The number of likely N-dealkylation sites (tertiary alicyclic amines) is 1. The Morgan fingerprint density at radius 3 is 2.40 bits per heavy atom. The fourth-order valence-corrected chi connectivity index (χ4v) is 6.37. The molecule has 0 N–H and O–H groups in total. The minimum atomic E-state index is -4.60. The van der Waals surface area contributed by atoms with E-state index in [1.165, 1.54) is 22.5 Å². The van der Waals surface area contributed by atoms with Crippen LogP contribution in [0.1, 0.15) is 29.6 Å². The second-order valence-electron chi connectivity index (χ2n) is 8.29. The topological polar surface area (TPSA) is 71.3 Å². The molecule has 164 valence electrons. The van der Waals surface area contributed by atoms with Crippen molar-refractivity contribution < 1.29 is 21.6 Å². The van der Waals surface area contributed by atoms with Gasteiger partial charge >= 0.3 is 6.18 Å². The number of aryl methyl sites for hydroxylation is 2. The van der Waals surface area contributed by atoms with Gasteiger partial charge in [-0.2, -0.15) is 22.6 Å². The molecule has 0 aromatic carbocycles. The Balaban J connectivity index is 1.39. The van der Waals surface area contributed by atoms with E-state index in [0.717, 1.165) is 38.2 Å². The van der Waals surface area contributed by atoms with Crippen LogP contribution in [0.15, 0.2) is 23.2 Å². The fourth-order valence-electron chi connectivity index (χ4n) is 4.54. The molecular weight excluding hydrogens is 419 g/mol. The van der Waals surface area contributed by atoms with E-state index in [0.29, 0.717) is 13.1 Å². The third-order valence-corrected chi connectivity index (χ3v) is 7.89. The summed E-state index contributed by atoms with van der Waals surface area (Å²) in [5, 5.41) is 4.30. The summed E-state index contributed by atoms with van der Waals surface area (Å²) in [6.45, 7) is 6.50. The molecule has 0 aliphatic carbocycles. The minimum absolute atomic E-state index is 0.0745. The molecule has 2 saturated heterocycles. The lowest BCUT2D eigenvalue weighted by Gasteiger charge is -2.59. The summed E-state index contributed by atoms with van der Waals surface area (Å²) in [5.74, 6) is 0. The molecule has 2 aromatic rings. The second-order valence-corrected chi connectivity index (χ2v) is 10.2. The smallest absolute Gasteiger partial charge is 0.298 e. The Labute approximate surface area is 173 Å². The molecule has 30 heavy (non-hydrogen) atoms. The van der Waals surface area contributed by atoms with Gasteiger partial charge in [0.25, 0.3) is 0 Å². The first kappa shape index (κ1) is 21.3. The summed E-state index contributed by atoms with van der Waals surface area (Å²) >= 11 is 0. The summed E-state index contributed by atoms with van der Waals surface area (Å²) in [6.07, 6.45) is -1.83. The average molecular weight is 443 g/mol. The zero-order valence-electron chi connectivity index (χ0n) is 17.1. The van der Waals surface area contributed by atoms with Gasteiger partial charge in [-0.15, -0.1) is 0 Å². The van der Waals surface area contributed by atoms with Crippen molar-refractivity contribution in [3.8, 4) is 0 Å². The lowest BCUT2D eigenvalue weighted by atomic mass is 9.74. The van der Waals surface area contributed by atoms with Crippen LogP contribution in [0, 0.1) is 12.3 Å². The van der Waals surface area contributed by atoms with Crippen LogP contribution in [0.5, 0.6) is 0 Å². The quantitative estimate of drug-likeness (QED) is 0.709. The second kappa shape index (κ2) is 7.03. The lowest BCUT2D eigenvalue weighted by Crippen LogP contribution is -2.72. The highest BCUT2D eigenvalue weighted by Gasteiger charge is 2.55. The van der Waals surface area contributed by atoms with Gasteiger partial charge in [-0.25, -0.2) is 13.4 Å². The van der Waals surface area contributed by atoms with Crippen LogP contribution in [0.2, 0.25) is 0 Å². The minimum Gasteiger partial charge on any atom is -0.298 e. The predicted molar refractivity (Wildman–Crippen MR) is 103 cm³/mol. The summed E-state index contributed by atoms with van der Waals surface area (Å²) in [5.41, 5.74) is 1.08. The Bertz CT molecular complexity index is 1070. The number of rotatable bonds is 5. The van der Waals surface area contributed by atoms with Gasteiger partial charge in [-0.3, -0.25) is 9.58 Å². The molecule has 4 heterocycles. The molecule has 7 nitrogen and oxygen atoms in total. The number of nitrogens with zero attached hydrogens (tertiary/aromatic N) is 5. The zero-order valence-corrected chi connectivity index (χ0v) is 17.9. The zero-order chi connectivity index (χ0) is 21.9. The Hall–Kier alpha value is -1.98. The summed E-state index contributed by atoms with van der Waals surface area (Å²) in [4.78, 5) is 5.56. The average Bonchev–Trinajstić information content (AvgIpc) is 2.93. The number of alkyl halides is 3. The maximum Gasteiger partial charge on any atom is 0.433 e. The van der Waals surface area contributed by atoms with Crippen molar-refractivity contribution in [1.29, 1.82) is 0 Å². The summed E-state index contributed by atoms with van der Waals surface area (Å²) < 4.78 is 67.3. The molecule has 0 amide bonds. The van der Waals surface area contributed by atoms with Crippen LogP contribution < -0.4 is 0 Å². The summed E-state index contributed by atoms with van der Waals surface area (Å²) in [7, 11) is -1.93. The first-order valence-corrected chi connectivity index (χ1v) is 11.2. The molecule has 2 aliphatic heterocycles. The molecule has 2 aliphatic rings. The standard InChI is InChI=1S/C19H24F3N5O2S/c1-4-15-14(7-23-25(15)3)8-26-9-18(10-26)11-27(12-18)30(28,29)16-5-6-17(19(20,21)22)24-13(16)2/h5-7H,4,8-12H2,1-3H3. The van der Waals surface area contributed by atoms with Crippen molar-refractivity contribution in [3.05, 3.63) is 41.0 Å². The third kappa shape index (κ3) is 3.52. The number of pyridine rings is 1. The van der Waals surface area contributed by atoms with E-state index < -0.39 is 21.9 Å². The predicted octanol–water partition coefficient (Wildman–Crippen LogP) is 2.21. The monoisotopic (exact) mass is 443 g/mol. The molecule has 2 fully saturated rings. The molecular formula is C19H24F3N5O2S. The van der Waals surface area contributed by atoms with E-state index in [4.69, 9.17) is 0 Å². The van der Waals surface area contributed by atoms with Gasteiger partial charge in [0.1, 0.15) is 10.6 Å². The van der Waals surface area contributed by atoms with Crippen LogP contribution >= 0.6 is 0 Å². The summed E-state index contributed by atoms with van der Waals surface area (Å²) in [6, 6.07) is 1.73. The molecule has 1 spiro atoms. The van der Waals surface area contributed by atoms with Gasteiger partial charge in [-0.05, 0) is 25.5 Å². The van der Waals surface area contributed by atoms with Crippen molar-refractivity contribution in [2.75, 3.05) is 26.2 Å². The molecule has 4 rings (SSSR count). The Morgan fingerprint density at radius 1 is 1.17 bits per heavy atom. The molecule has 0 bridgehead atoms. The highest BCUT2D eigenvalue weighted by Crippen LogP contribution is 2.43. The number of hydrogen-bond donors (Lipinski definition) is 0. The van der Waals surface area contributed by atoms with Crippen molar-refractivity contribution in [2.24, 2.45) is 12.5 Å². The van der Waals surface area contributed by atoms with Gasteiger partial charge in [0.05, 0.1) is 11.9 Å². The number of hydrogen-bond acceptors (Lipinski definition) is 5. The lowest BCUT2D eigenvalue weighted by molar-refractivity contribution is -0.141. The van der Waals surface area contributed by atoms with Crippen LogP contribution in [0.4, 0.5) is 13.2 Å². The highest BCUT2D eigenvalue weighted by molar-refractivity contribution is 7.89. The van der Waals surface area contributed by atoms with E-state index >= 15 is 0 Å². The van der Waals surface area contributed by atoms with Crippen LogP contribution in [-0.4, -0.2) is 58.6 Å². The maximum atomic E-state index is 12.9. The molecule has 11 heteroatoms. The first-order chi connectivity index (χ1) is 13.9. The Morgan fingerprint density at radius 2 is 1.83 bits per heavy atom. The molecule has 0 radical (unpaired) electrons. The number of aromatic nitrogens is 3. The van der Waals surface area contributed by atoms with Gasteiger partial charge in [-0.1, -0.05) is 6.92 Å². The van der Waals surface area contributed by atoms with Crippen molar-refractivity contribution in [2.45, 2.75) is 37.9 Å². The molecule has 0 atom stereocenters. The number of halogens is 3. The first-order valence-electron chi connectivity index (χ1n) is 9.72. The third-order valence-electron chi connectivity index (χ3n) is 5.96. The van der Waals surface area contributed by atoms with E-state index in [2.05, 4.69) is 21.9 Å². The molecule has 0 saturated carbocycles. The molecule has 0 unspecified atom stereocenters. The van der Waals surface area contributed by atoms with E-state index in [9.17, 15) is 21.6 Å². The van der Waals surface area contributed by atoms with Gasteiger partial charge in [0.15, 0.2) is 0 Å². The van der Waals surface area contributed by atoms with Crippen molar-refractivity contribution in [3.63, 3.8) is 0 Å². The van der Waals surface area contributed by atoms with E-state index in [-0.39, 0.29) is 16.0 Å². The maximum absolute atomic E-state index is 12.9. The SMILES string of the molecule is CCc1c(CN2CC3(C2)CN(S(=O)(=O)c2ccc(C(F)(F)F)nc2C)C3)cnn1C. The molecule has 2 aromatic heterocycles. The van der Waals surface area contributed by atoms with Crippen LogP contribution in [-0.2, 0) is 36.2 Å². The highest BCUT2D eigenvalue weighted by atomic mass is 32.2. The fraction of sp³-hybridized carbons (Fsp3) is 0.579. The van der Waals surface area contributed by atoms with Gasteiger partial charge < -0.3 is 0 Å².